The first-order valence-electron chi connectivity index (χ1n) is 3.39. The first-order valence-corrected chi connectivity index (χ1v) is 5.55. The maximum Gasteiger partial charge on any atom is 0.337 e. The van der Waals surface area contributed by atoms with E-state index >= 15 is 0 Å². The Hall–Kier alpha value is -0.380. The van der Waals surface area contributed by atoms with Crippen molar-refractivity contribution in [2.45, 2.75) is 0 Å². The molecule has 74 valence electrons. The van der Waals surface area contributed by atoms with Gasteiger partial charge in [0, 0.05) is 7.14 Å². The van der Waals surface area contributed by atoms with Crippen LogP contribution in [0.5, 0.6) is 0 Å². The van der Waals surface area contributed by atoms with Gasteiger partial charge >= 0.3 is 11.9 Å². The van der Waals surface area contributed by atoms with E-state index in [0.29, 0.717) is 7.14 Å². The summed E-state index contributed by atoms with van der Waals surface area (Å²) in [5.41, 5.74) is 0.250. The third-order valence-electron chi connectivity index (χ3n) is 1.50. The maximum absolute atomic E-state index is 10.8. The highest BCUT2D eigenvalue weighted by Gasteiger charge is 2.16. The molecule has 0 bridgehead atoms. The molecule has 1 aromatic carbocycles. The van der Waals surface area contributed by atoms with E-state index in [1.807, 2.05) is 45.2 Å². The predicted molar refractivity (Wildman–Crippen MR) is 65.8 cm³/mol. The van der Waals surface area contributed by atoms with Crippen molar-refractivity contribution in [2.24, 2.45) is 0 Å². The van der Waals surface area contributed by atoms with Crippen molar-refractivity contribution in [2.75, 3.05) is 0 Å². The van der Waals surface area contributed by atoms with Gasteiger partial charge in [0.15, 0.2) is 0 Å². The van der Waals surface area contributed by atoms with E-state index in [1.54, 1.807) is 0 Å². The second-order valence-electron chi connectivity index (χ2n) is 2.43. The molecule has 6 heteroatoms. The van der Waals surface area contributed by atoms with Gasteiger partial charge in [-0.1, -0.05) is 0 Å². The first kappa shape index (κ1) is 11.7. The van der Waals surface area contributed by atoms with Gasteiger partial charge < -0.3 is 10.2 Å². The van der Waals surface area contributed by atoms with Crippen LogP contribution in [0, 0.1) is 7.14 Å². The van der Waals surface area contributed by atoms with Gasteiger partial charge in [-0.05, 0) is 57.3 Å². The fraction of sp³-hybridized carbons (Fsp3) is 0. The van der Waals surface area contributed by atoms with Crippen molar-refractivity contribution < 1.29 is 19.8 Å². The number of carboxylic acids is 2. The molecule has 0 atom stereocenters. The second-order valence-corrected chi connectivity index (χ2v) is 4.75. The Morgan fingerprint density at radius 2 is 1.43 bits per heavy atom. The Morgan fingerprint density at radius 1 is 1.00 bits per heavy atom. The first-order chi connectivity index (χ1) is 6.43. The predicted octanol–water partition coefficient (Wildman–Crippen LogP) is 2.29. The summed E-state index contributed by atoms with van der Waals surface area (Å²) in [6.45, 7) is 0. The molecule has 0 fully saturated rings. The number of hydrogen-bond acceptors (Lipinski definition) is 2. The van der Waals surface area contributed by atoms with Crippen molar-refractivity contribution >= 4 is 57.1 Å². The fourth-order valence-electron chi connectivity index (χ4n) is 0.901. The van der Waals surface area contributed by atoms with E-state index in [4.69, 9.17) is 10.2 Å². The fourth-order valence-corrected chi connectivity index (χ4v) is 3.13. The quantitative estimate of drug-likeness (QED) is 0.724. The normalized spacial score (nSPS) is 9.86. The van der Waals surface area contributed by atoms with Crippen molar-refractivity contribution in [3.05, 3.63) is 30.4 Å². The molecule has 1 rings (SSSR count). The summed E-state index contributed by atoms with van der Waals surface area (Å²) < 4.78 is 0.860. The standard InChI is InChI=1S/C8H4I2O4/c9-4-1-3(7(11)12)2-5(10)6(4)8(13)14/h1-2H,(H,11,12)(H,13,14). The largest absolute Gasteiger partial charge is 0.478 e. The van der Waals surface area contributed by atoms with E-state index in [9.17, 15) is 9.59 Å². The molecule has 0 saturated carbocycles. The van der Waals surface area contributed by atoms with Gasteiger partial charge in [0.05, 0.1) is 11.1 Å². The molecule has 0 spiro atoms. The lowest BCUT2D eigenvalue weighted by molar-refractivity contribution is 0.0679. The zero-order valence-corrected chi connectivity index (χ0v) is 10.9. The number of aromatic carboxylic acids is 2. The van der Waals surface area contributed by atoms with Crippen LogP contribution in [-0.4, -0.2) is 22.2 Å². The van der Waals surface area contributed by atoms with Crippen LogP contribution in [0.2, 0.25) is 0 Å². The Morgan fingerprint density at radius 3 is 1.71 bits per heavy atom. The molecule has 0 aliphatic carbocycles. The summed E-state index contributed by atoms with van der Waals surface area (Å²) in [5, 5.41) is 17.5. The van der Waals surface area contributed by atoms with Gasteiger partial charge in [-0.25, -0.2) is 9.59 Å². The average molecular weight is 418 g/mol. The third kappa shape index (κ3) is 2.35. The molecule has 14 heavy (non-hydrogen) atoms. The third-order valence-corrected chi connectivity index (χ3v) is 3.20. The highest BCUT2D eigenvalue weighted by Crippen LogP contribution is 2.21. The molecule has 0 amide bonds. The summed E-state index contributed by atoms with van der Waals surface area (Å²) in [6, 6.07) is 2.68. The molecule has 0 aliphatic heterocycles. The summed E-state index contributed by atoms with van der Waals surface area (Å²) in [5.74, 6) is -2.10. The topological polar surface area (TPSA) is 74.6 Å². The van der Waals surface area contributed by atoms with Crippen molar-refractivity contribution in [1.82, 2.24) is 0 Å². The smallest absolute Gasteiger partial charge is 0.337 e. The van der Waals surface area contributed by atoms with Crippen LogP contribution >= 0.6 is 45.2 Å². The molecule has 0 aromatic heterocycles. The number of carboxylic acid groups (broad SMARTS) is 2. The molecule has 0 unspecified atom stereocenters. The molecule has 4 nitrogen and oxygen atoms in total. The maximum atomic E-state index is 10.8. The van der Waals surface area contributed by atoms with Crippen molar-refractivity contribution in [1.29, 1.82) is 0 Å². The lowest BCUT2D eigenvalue weighted by Crippen LogP contribution is -2.06. The lowest BCUT2D eigenvalue weighted by atomic mass is 10.1. The van der Waals surface area contributed by atoms with Crippen LogP contribution in [0.4, 0.5) is 0 Å². The van der Waals surface area contributed by atoms with E-state index in [2.05, 4.69) is 0 Å². The van der Waals surface area contributed by atoms with Gasteiger partial charge in [0.2, 0.25) is 0 Å². The number of halogens is 2. The van der Waals surface area contributed by atoms with E-state index in [1.165, 1.54) is 12.1 Å². The summed E-state index contributed by atoms with van der Waals surface area (Å²) in [4.78, 5) is 21.4. The van der Waals surface area contributed by atoms with Crippen LogP contribution in [0.3, 0.4) is 0 Å². The molecule has 1 aromatic rings. The minimum Gasteiger partial charge on any atom is -0.478 e. The van der Waals surface area contributed by atoms with Gasteiger partial charge in [0.25, 0.3) is 0 Å². The Bertz CT molecular complexity index is 391. The molecule has 2 N–H and O–H groups in total. The molecule has 0 radical (unpaired) electrons. The second kappa shape index (κ2) is 4.43. The summed E-state index contributed by atoms with van der Waals surface area (Å²) >= 11 is 3.62. The minimum absolute atomic E-state index is 0.101. The minimum atomic E-state index is -1.06. The lowest BCUT2D eigenvalue weighted by Gasteiger charge is -2.03. The highest BCUT2D eigenvalue weighted by molar-refractivity contribution is 14.1. The van der Waals surface area contributed by atoms with Crippen LogP contribution in [0.15, 0.2) is 12.1 Å². The molecule has 0 saturated heterocycles. The Balaban J connectivity index is 3.39. The molecular formula is C8H4I2O4. The Labute approximate surface area is 107 Å². The highest BCUT2D eigenvalue weighted by atomic mass is 127. The molecule has 0 aliphatic rings. The Kier molecular flexibility index (Phi) is 3.70. The van der Waals surface area contributed by atoms with Crippen molar-refractivity contribution in [3.63, 3.8) is 0 Å². The van der Waals surface area contributed by atoms with Gasteiger partial charge in [-0.15, -0.1) is 0 Å². The summed E-state index contributed by atoms with van der Waals surface area (Å²) in [7, 11) is 0. The molecule has 0 heterocycles. The van der Waals surface area contributed by atoms with Crippen LogP contribution in [0.1, 0.15) is 20.7 Å². The van der Waals surface area contributed by atoms with Crippen LogP contribution < -0.4 is 0 Å². The number of carbonyl (C=O) groups is 2. The van der Waals surface area contributed by atoms with E-state index in [-0.39, 0.29) is 11.1 Å². The van der Waals surface area contributed by atoms with Crippen molar-refractivity contribution in [3.8, 4) is 0 Å². The number of benzene rings is 1. The molecular weight excluding hydrogens is 414 g/mol. The summed E-state index contributed by atoms with van der Waals surface area (Å²) in [6.07, 6.45) is 0. The number of hydrogen-bond donors (Lipinski definition) is 2. The number of rotatable bonds is 2. The zero-order chi connectivity index (χ0) is 10.9. The zero-order valence-electron chi connectivity index (χ0n) is 6.62. The average Bonchev–Trinajstić information content (AvgIpc) is 2.01. The van der Waals surface area contributed by atoms with Crippen LogP contribution in [0.25, 0.3) is 0 Å². The van der Waals surface area contributed by atoms with Gasteiger partial charge in [-0.3, -0.25) is 0 Å². The van der Waals surface area contributed by atoms with Gasteiger partial charge in [0.1, 0.15) is 0 Å². The van der Waals surface area contributed by atoms with Crippen LogP contribution in [-0.2, 0) is 0 Å². The SMILES string of the molecule is O=C(O)c1cc(I)c(C(=O)O)c(I)c1. The van der Waals surface area contributed by atoms with Gasteiger partial charge in [-0.2, -0.15) is 0 Å². The van der Waals surface area contributed by atoms with E-state index in [0.717, 1.165) is 0 Å². The van der Waals surface area contributed by atoms with E-state index < -0.39 is 11.9 Å². The monoisotopic (exact) mass is 418 g/mol.